The minimum atomic E-state index is -0.0264. The molecule has 0 aromatic heterocycles. The Morgan fingerprint density at radius 3 is 1.41 bits per heavy atom. The third kappa shape index (κ3) is 8.46. The van der Waals surface area contributed by atoms with Crippen LogP contribution in [0.25, 0.3) is 34.4 Å². The van der Waals surface area contributed by atoms with Crippen LogP contribution >= 0.6 is 0 Å². The second-order valence-electron chi connectivity index (χ2n) is 14.6. The molecule has 0 atom stereocenters. The molecule has 0 aliphatic heterocycles. The Morgan fingerprint density at radius 2 is 0.980 bits per heavy atom. The summed E-state index contributed by atoms with van der Waals surface area (Å²) >= 11 is 0. The summed E-state index contributed by atoms with van der Waals surface area (Å²) in [5.41, 5.74) is 24.6. The number of nitriles is 4. The number of allylic oxidation sites excluding steroid dienone is 6. The molecule has 5 rings (SSSR count). The molecule has 0 radical (unpaired) electrons. The Labute approximate surface area is 290 Å². The zero-order chi connectivity index (χ0) is 35.2. The number of nitrogens with two attached hydrogens (primary N) is 1. The fourth-order valence-corrected chi connectivity index (χ4v) is 7.01. The van der Waals surface area contributed by atoms with E-state index < -0.39 is 0 Å². The largest absolute Gasteiger partial charge is 0.398 e. The average molecular weight is 638 g/mol. The van der Waals surface area contributed by atoms with Crippen molar-refractivity contribution in [3.05, 3.63) is 123 Å². The molecular weight excluding hydrogens is 599 g/mol. The molecule has 2 N–H and O–H groups in total. The van der Waals surface area contributed by atoms with E-state index in [2.05, 4.69) is 118 Å². The van der Waals surface area contributed by atoms with Gasteiger partial charge < -0.3 is 5.73 Å². The molecule has 3 aromatic rings. The lowest BCUT2D eigenvalue weighted by Crippen LogP contribution is -2.19. The lowest BCUT2D eigenvalue weighted by Gasteiger charge is -2.32. The summed E-state index contributed by atoms with van der Waals surface area (Å²) in [7, 11) is 0. The molecule has 49 heavy (non-hydrogen) atoms. The van der Waals surface area contributed by atoms with Gasteiger partial charge in [-0.25, -0.2) is 0 Å². The van der Waals surface area contributed by atoms with Gasteiger partial charge in [0, 0.05) is 11.3 Å². The van der Waals surface area contributed by atoms with Crippen LogP contribution in [0.3, 0.4) is 0 Å². The van der Waals surface area contributed by atoms with Crippen LogP contribution in [0.4, 0.5) is 5.69 Å². The summed E-state index contributed by atoms with van der Waals surface area (Å²) in [4.78, 5) is 0. The van der Waals surface area contributed by atoms with Crippen molar-refractivity contribution >= 4 is 17.8 Å². The van der Waals surface area contributed by atoms with Crippen molar-refractivity contribution in [2.75, 3.05) is 5.73 Å². The molecule has 0 amide bonds. The number of rotatable bonds is 4. The van der Waals surface area contributed by atoms with E-state index in [1.807, 2.05) is 24.3 Å². The van der Waals surface area contributed by atoms with Crippen LogP contribution < -0.4 is 5.73 Å². The highest BCUT2D eigenvalue weighted by molar-refractivity contribution is 5.82. The van der Waals surface area contributed by atoms with Crippen LogP contribution in [0.5, 0.6) is 0 Å². The Balaban J connectivity index is 1.35. The maximum absolute atomic E-state index is 9.39. The van der Waals surface area contributed by atoms with E-state index >= 15 is 0 Å². The van der Waals surface area contributed by atoms with Gasteiger partial charge >= 0.3 is 0 Å². The minimum Gasteiger partial charge on any atom is -0.398 e. The van der Waals surface area contributed by atoms with E-state index in [-0.39, 0.29) is 22.0 Å². The third-order valence-electron chi connectivity index (χ3n) is 9.18. The van der Waals surface area contributed by atoms with Crippen molar-refractivity contribution < 1.29 is 0 Å². The molecule has 2 aliphatic carbocycles. The van der Waals surface area contributed by atoms with Crippen LogP contribution in [0.2, 0.25) is 0 Å². The molecule has 2 fully saturated rings. The van der Waals surface area contributed by atoms with Gasteiger partial charge in [-0.05, 0) is 124 Å². The third-order valence-corrected chi connectivity index (χ3v) is 9.18. The first-order valence-corrected chi connectivity index (χ1v) is 16.5. The van der Waals surface area contributed by atoms with E-state index in [0.717, 1.165) is 81.4 Å². The van der Waals surface area contributed by atoms with Crippen molar-refractivity contribution in [3.8, 4) is 46.5 Å². The smallest absolute Gasteiger partial charge is 0.129 e. The number of hydrogen-bond acceptors (Lipinski definition) is 5. The van der Waals surface area contributed by atoms with E-state index in [9.17, 15) is 21.0 Å². The van der Waals surface area contributed by atoms with E-state index in [0.29, 0.717) is 18.5 Å². The lowest BCUT2D eigenvalue weighted by molar-refractivity contribution is 0.332. The second kappa shape index (κ2) is 14.4. The van der Waals surface area contributed by atoms with Crippen LogP contribution in [-0.4, -0.2) is 0 Å². The van der Waals surface area contributed by atoms with Crippen molar-refractivity contribution in [3.63, 3.8) is 0 Å². The highest BCUT2D eigenvalue weighted by Crippen LogP contribution is 2.43. The van der Waals surface area contributed by atoms with Gasteiger partial charge in [0.15, 0.2) is 0 Å². The van der Waals surface area contributed by atoms with Gasteiger partial charge in [0.2, 0.25) is 0 Å². The molecule has 2 aliphatic rings. The quantitative estimate of drug-likeness (QED) is 0.173. The van der Waals surface area contributed by atoms with Crippen molar-refractivity contribution in [2.45, 2.75) is 66.2 Å². The van der Waals surface area contributed by atoms with Gasteiger partial charge in [0.1, 0.15) is 35.4 Å². The molecule has 2 saturated carbocycles. The standard InChI is InChI=1S/C44H39N5/c1-43(2)22-32(19-37(24-43)39(26-45)27-46)7-5-30-9-13-34(14-10-30)36-17-18-42(49)41(21-36)35-15-11-31(12-16-35)6-8-33-20-38(40(28-47)29-48)25-44(3,4)23-33/h5-6,9-18,21H,19-20,22-25,49H2,1-4H3. The number of nitrogens with zero attached hydrogens (tertiary/aromatic N) is 4. The molecular formula is C44H39N5. The van der Waals surface area contributed by atoms with Gasteiger partial charge in [-0.3, -0.25) is 0 Å². The Bertz CT molecular complexity index is 2130. The molecule has 0 spiro atoms. The Morgan fingerprint density at radius 1 is 0.571 bits per heavy atom. The molecule has 0 unspecified atom stereocenters. The molecule has 5 heteroatoms. The molecule has 0 heterocycles. The summed E-state index contributed by atoms with van der Waals surface area (Å²) in [5.74, 6) is 0. The lowest BCUT2D eigenvalue weighted by atomic mass is 9.72. The first kappa shape index (κ1) is 34.3. The summed E-state index contributed by atoms with van der Waals surface area (Å²) in [6, 6.07) is 30.9. The van der Waals surface area contributed by atoms with Crippen LogP contribution in [0, 0.1) is 56.2 Å². The Kier molecular flexibility index (Phi) is 10.1. The second-order valence-corrected chi connectivity index (χ2v) is 14.6. The molecule has 0 bridgehead atoms. The monoisotopic (exact) mass is 637 g/mol. The summed E-state index contributed by atoms with van der Waals surface area (Å²) in [6.07, 6.45) is 8.43. The van der Waals surface area contributed by atoms with Gasteiger partial charge in [0.05, 0.1) is 0 Å². The summed E-state index contributed by atoms with van der Waals surface area (Å²) in [5, 5.41) is 37.5. The normalized spacial score (nSPS) is 16.1. The first-order valence-electron chi connectivity index (χ1n) is 16.5. The van der Waals surface area contributed by atoms with Gasteiger partial charge in [-0.15, -0.1) is 11.5 Å². The Hall–Kier alpha value is -6.06. The molecule has 3 aromatic carbocycles. The number of benzene rings is 3. The highest BCUT2D eigenvalue weighted by atomic mass is 14.6. The fourth-order valence-electron chi connectivity index (χ4n) is 7.01. The maximum Gasteiger partial charge on any atom is 0.129 e. The predicted molar refractivity (Wildman–Crippen MR) is 196 cm³/mol. The zero-order valence-corrected chi connectivity index (χ0v) is 28.6. The molecule has 240 valence electrons. The molecule has 0 saturated heterocycles. The van der Waals surface area contributed by atoms with E-state index in [1.165, 1.54) is 0 Å². The van der Waals surface area contributed by atoms with Crippen molar-refractivity contribution in [2.24, 2.45) is 10.8 Å². The van der Waals surface area contributed by atoms with E-state index in [4.69, 9.17) is 5.73 Å². The molecule has 5 nitrogen and oxygen atoms in total. The minimum absolute atomic E-state index is 0.0221. The van der Waals surface area contributed by atoms with Gasteiger partial charge in [-0.1, -0.05) is 82.3 Å². The fraction of sp³-hybridized carbons (Fsp3) is 0.273. The number of hydrogen-bond donors (Lipinski definition) is 1. The highest BCUT2D eigenvalue weighted by Gasteiger charge is 2.30. The van der Waals surface area contributed by atoms with Crippen LogP contribution in [-0.2, 0) is 0 Å². The van der Waals surface area contributed by atoms with E-state index in [1.54, 1.807) is 0 Å². The number of anilines is 1. The summed E-state index contributed by atoms with van der Waals surface area (Å²) in [6.45, 7) is 8.65. The van der Waals surface area contributed by atoms with Crippen molar-refractivity contribution in [1.29, 1.82) is 21.0 Å². The van der Waals surface area contributed by atoms with Crippen molar-refractivity contribution in [1.82, 2.24) is 0 Å². The van der Waals surface area contributed by atoms with Crippen LogP contribution in [0.1, 0.15) is 77.3 Å². The predicted octanol–water partition coefficient (Wildman–Crippen LogP) is 10.8. The number of nitrogen functional groups attached to an aromatic ring is 1. The topological polar surface area (TPSA) is 121 Å². The summed E-state index contributed by atoms with van der Waals surface area (Å²) < 4.78 is 0. The SMILES string of the molecule is CC1(C)CC(=C=Cc2ccc(-c3ccc(N)c(-c4ccc(C=C=C5CC(=C(C#N)C#N)CC(C)(C)C5)cc4)c3)cc2)CC(=C(C#N)C#N)C1. The average Bonchev–Trinajstić information content (AvgIpc) is 3.07. The maximum atomic E-state index is 9.39. The van der Waals surface area contributed by atoms with Crippen LogP contribution in [0.15, 0.2) is 112 Å². The first-order chi connectivity index (χ1) is 23.4. The van der Waals surface area contributed by atoms with Gasteiger partial charge in [-0.2, -0.15) is 21.0 Å². The van der Waals surface area contributed by atoms with Gasteiger partial charge in [0.25, 0.3) is 0 Å². The zero-order valence-electron chi connectivity index (χ0n) is 28.6.